The van der Waals surface area contributed by atoms with Gasteiger partial charge in [0.2, 0.25) is 0 Å². The Labute approximate surface area is 304 Å². The molecule has 0 fully saturated rings. The molecule has 0 bridgehead atoms. The molecule has 4 aromatic heterocycles. The molecular formula is C48H29N3Se. The SMILES string of the molecule is c1ccc2c(c1)c1ccccc1n2-c1ccc2[se]c3ccc(-n4c5ccccc5c5c(-n6c7ccccc7c7ccccc76)cccc54)cc3c2c1. The number of aromatic nitrogens is 3. The van der Waals surface area contributed by atoms with Crippen molar-refractivity contribution in [3.8, 4) is 17.1 Å². The molecule has 12 rings (SSSR count). The summed E-state index contributed by atoms with van der Waals surface area (Å²) in [7, 11) is 0. The molecule has 0 saturated carbocycles. The molecule has 0 unspecified atom stereocenters. The summed E-state index contributed by atoms with van der Waals surface area (Å²) in [6.07, 6.45) is 0. The third-order valence-electron chi connectivity index (χ3n) is 11.0. The molecule has 4 heterocycles. The van der Waals surface area contributed by atoms with E-state index in [2.05, 4.69) is 190 Å². The molecule has 0 aliphatic rings. The molecule has 242 valence electrons. The zero-order valence-electron chi connectivity index (χ0n) is 28.0. The van der Waals surface area contributed by atoms with Gasteiger partial charge in [0.05, 0.1) is 0 Å². The summed E-state index contributed by atoms with van der Waals surface area (Å²) < 4.78 is 10.3. The number of rotatable bonds is 3. The van der Waals surface area contributed by atoms with Crippen LogP contribution in [0.5, 0.6) is 0 Å². The van der Waals surface area contributed by atoms with Crippen molar-refractivity contribution < 1.29 is 0 Å². The van der Waals surface area contributed by atoms with Crippen molar-refractivity contribution in [1.82, 2.24) is 13.7 Å². The third-order valence-corrected chi connectivity index (χ3v) is 13.4. The molecule has 0 aliphatic heterocycles. The monoisotopic (exact) mass is 727 g/mol. The number of hydrogen-bond acceptors (Lipinski definition) is 0. The molecule has 0 amide bonds. The molecule has 0 aliphatic carbocycles. The van der Waals surface area contributed by atoms with Gasteiger partial charge in [-0.3, -0.25) is 0 Å². The van der Waals surface area contributed by atoms with Crippen LogP contribution < -0.4 is 0 Å². The van der Waals surface area contributed by atoms with Crippen molar-refractivity contribution in [3.05, 3.63) is 176 Å². The normalized spacial score (nSPS) is 12.2. The van der Waals surface area contributed by atoms with Gasteiger partial charge in [-0.05, 0) is 0 Å². The van der Waals surface area contributed by atoms with Crippen LogP contribution in [-0.2, 0) is 0 Å². The average Bonchev–Trinajstić information content (AvgIpc) is 3.94. The number of fused-ring (bicyclic) bond motifs is 12. The van der Waals surface area contributed by atoms with Crippen LogP contribution in [0.3, 0.4) is 0 Å². The van der Waals surface area contributed by atoms with E-state index in [1.54, 1.807) is 0 Å². The molecule has 52 heavy (non-hydrogen) atoms. The van der Waals surface area contributed by atoms with E-state index in [0.29, 0.717) is 0 Å². The van der Waals surface area contributed by atoms with Gasteiger partial charge in [0.15, 0.2) is 0 Å². The molecule has 0 radical (unpaired) electrons. The van der Waals surface area contributed by atoms with Gasteiger partial charge in [0, 0.05) is 0 Å². The standard InChI is InChI=1S/C48H29N3Se/c1-6-17-39-32(12-1)33-13-2-7-18-40(33)49(39)30-24-26-46-37(28-30)38-29-31(25-27-47(38)52-46)50-43-21-10-5-16-36(43)48-44(50)22-11-23-45(48)51-41-19-8-3-14-34(41)35-15-4-9-20-42(35)51/h1-29H. The number of benzene rings is 8. The zero-order chi connectivity index (χ0) is 33.9. The van der Waals surface area contributed by atoms with Crippen LogP contribution in [0, 0.1) is 0 Å². The maximum absolute atomic E-state index is 2.48. The van der Waals surface area contributed by atoms with Gasteiger partial charge in [0.1, 0.15) is 0 Å². The molecule has 0 N–H and O–H groups in total. The Bertz CT molecular complexity index is 3320. The fourth-order valence-electron chi connectivity index (χ4n) is 8.88. The molecule has 3 nitrogen and oxygen atoms in total. The van der Waals surface area contributed by atoms with E-state index in [4.69, 9.17) is 0 Å². The van der Waals surface area contributed by atoms with Crippen molar-refractivity contribution in [2.75, 3.05) is 0 Å². The van der Waals surface area contributed by atoms with Crippen molar-refractivity contribution >= 4 is 99.2 Å². The first-order valence-electron chi connectivity index (χ1n) is 17.8. The van der Waals surface area contributed by atoms with E-state index < -0.39 is 0 Å². The minimum atomic E-state index is 0.257. The molecule has 4 heteroatoms. The molecule has 12 aromatic rings. The Kier molecular flexibility index (Phi) is 5.79. The summed E-state index contributed by atoms with van der Waals surface area (Å²) in [6.45, 7) is 0. The summed E-state index contributed by atoms with van der Waals surface area (Å²) in [5, 5.41) is 10.4. The number of hydrogen-bond donors (Lipinski definition) is 0. The second-order valence-corrected chi connectivity index (χ2v) is 16.0. The molecule has 8 aromatic carbocycles. The third kappa shape index (κ3) is 3.80. The Morgan fingerprint density at radius 1 is 0.288 bits per heavy atom. The van der Waals surface area contributed by atoms with E-state index in [1.165, 1.54) is 102 Å². The van der Waals surface area contributed by atoms with Gasteiger partial charge in [-0.1, -0.05) is 12.1 Å². The minimum absolute atomic E-state index is 0.257. The van der Waals surface area contributed by atoms with Gasteiger partial charge >= 0.3 is 294 Å². The Hall–Kier alpha value is -6.32. The summed E-state index contributed by atoms with van der Waals surface area (Å²) in [4.78, 5) is 0. The van der Waals surface area contributed by atoms with Gasteiger partial charge in [-0.15, -0.1) is 0 Å². The van der Waals surface area contributed by atoms with Crippen LogP contribution >= 0.6 is 0 Å². The topological polar surface area (TPSA) is 14.8 Å². The maximum atomic E-state index is 2.48. The van der Waals surface area contributed by atoms with E-state index in [9.17, 15) is 0 Å². The fraction of sp³-hybridized carbons (Fsp3) is 0. The van der Waals surface area contributed by atoms with Crippen molar-refractivity contribution in [2.24, 2.45) is 0 Å². The van der Waals surface area contributed by atoms with Crippen LogP contribution in [0.4, 0.5) is 0 Å². The van der Waals surface area contributed by atoms with Crippen LogP contribution in [0.25, 0.3) is 102 Å². The second kappa shape index (κ2) is 10.6. The average molecular weight is 727 g/mol. The summed E-state index contributed by atoms with van der Waals surface area (Å²) in [6, 6.07) is 65.1. The van der Waals surface area contributed by atoms with Crippen molar-refractivity contribution in [3.63, 3.8) is 0 Å². The quantitative estimate of drug-likeness (QED) is 0.161. The van der Waals surface area contributed by atoms with Gasteiger partial charge in [-0.25, -0.2) is 0 Å². The predicted molar refractivity (Wildman–Crippen MR) is 221 cm³/mol. The summed E-state index contributed by atoms with van der Waals surface area (Å²) in [5.74, 6) is 0. The molecule has 0 atom stereocenters. The summed E-state index contributed by atoms with van der Waals surface area (Å²) in [5.41, 5.74) is 11.0. The molecule has 0 spiro atoms. The molecular weight excluding hydrogens is 698 g/mol. The zero-order valence-corrected chi connectivity index (χ0v) is 29.7. The predicted octanol–water partition coefficient (Wildman–Crippen LogP) is 12.3. The first-order valence-corrected chi connectivity index (χ1v) is 19.5. The van der Waals surface area contributed by atoms with Crippen LogP contribution in [0.1, 0.15) is 0 Å². The van der Waals surface area contributed by atoms with Crippen molar-refractivity contribution in [2.45, 2.75) is 0 Å². The van der Waals surface area contributed by atoms with E-state index in [-0.39, 0.29) is 14.5 Å². The van der Waals surface area contributed by atoms with Crippen LogP contribution in [0.15, 0.2) is 176 Å². The first kappa shape index (κ1) is 28.4. The van der Waals surface area contributed by atoms with E-state index in [0.717, 1.165) is 0 Å². The van der Waals surface area contributed by atoms with Crippen LogP contribution in [-0.4, -0.2) is 28.2 Å². The Morgan fingerprint density at radius 2 is 0.673 bits per heavy atom. The first-order chi connectivity index (χ1) is 25.8. The number of para-hydroxylation sites is 5. The van der Waals surface area contributed by atoms with E-state index in [1.807, 2.05) is 0 Å². The van der Waals surface area contributed by atoms with Gasteiger partial charge in [-0.2, -0.15) is 0 Å². The van der Waals surface area contributed by atoms with Crippen LogP contribution in [0.2, 0.25) is 0 Å². The number of nitrogens with zero attached hydrogens (tertiary/aromatic N) is 3. The van der Waals surface area contributed by atoms with Gasteiger partial charge in [0.25, 0.3) is 0 Å². The van der Waals surface area contributed by atoms with E-state index >= 15 is 0 Å². The fourth-order valence-corrected chi connectivity index (χ4v) is 11.1. The Balaban J connectivity index is 1.11. The second-order valence-electron chi connectivity index (χ2n) is 13.7. The van der Waals surface area contributed by atoms with Gasteiger partial charge < -0.3 is 0 Å². The Morgan fingerprint density at radius 3 is 1.17 bits per heavy atom. The molecule has 0 saturated heterocycles. The summed E-state index contributed by atoms with van der Waals surface area (Å²) >= 11 is 0.257. The van der Waals surface area contributed by atoms with Crippen molar-refractivity contribution in [1.29, 1.82) is 0 Å².